The van der Waals surface area contributed by atoms with Gasteiger partial charge in [-0.05, 0) is 38.6 Å². The second kappa shape index (κ2) is 6.64. The zero-order valence-corrected chi connectivity index (χ0v) is 14.0. The molecule has 21 heavy (non-hydrogen) atoms. The molecule has 1 aromatic carbocycles. The van der Waals surface area contributed by atoms with Crippen molar-refractivity contribution in [1.29, 1.82) is 0 Å². The van der Waals surface area contributed by atoms with E-state index in [-0.39, 0.29) is 5.91 Å². The number of anilines is 2. The number of carbonyl (C=O) groups is 1. The molecule has 1 aromatic rings. The van der Waals surface area contributed by atoms with Gasteiger partial charge in [0.1, 0.15) is 0 Å². The zero-order chi connectivity index (χ0) is 16.3. The molecular formula is C13H20ClN3O3S. The fraction of sp³-hybridized carbons (Fsp3) is 0.462. The molecule has 3 N–H and O–H groups in total. The normalized spacial score (nSPS) is 12.0. The van der Waals surface area contributed by atoms with E-state index in [0.29, 0.717) is 22.9 Å². The highest BCUT2D eigenvalue weighted by molar-refractivity contribution is 7.92. The molecule has 118 valence electrons. The van der Waals surface area contributed by atoms with Crippen LogP contribution in [0.4, 0.5) is 11.4 Å². The van der Waals surface area contributed by atoms with E-state index >= 15 is 0 Å². The number of carbonyl (C=O) groups excluding carboxylic acids is 1. The summed E-state index contributed by atoms with van der Waals surface area (Å²) >= 11 is 6.03. The molecule has 0 saturated carbocycles. The van der Waals surface area contributed by atoms with Gasteiger partial charge in [0.15, 0.2) is 0 Å². The molecule has 0 saturated heterocycles. The maximum atomic E-state index is 12.2. The molecule has 0 aliphatic rings. The minimum atomic E-state index is -3.39. The van der Waals surface area contributed by atoms with Gasteiger partial charge in [-0.15, -0.1) is 0 Å². The molecule has 1 amide bonds. The Hall–Kier alpha value is -1.31. The summed E-state index contributed by atoms with van der Waals surface area (Å²) in [5.41, 5.74) is -0.0852. The smallest absolute Gasteiger partial charge is 0.244 e. The molecular weight excluding hydrogens is 314 g/mol. The van der Waals surface area contributed by atoms with Gasteiger partial charge >= 0.3 is 0 Å². The van der Waals surface area contributed by atoms with Crippen molar-refractivity contribution in [3.05, 3.63) is 23.2 Å². The van der Waals surface area contributed by atoms with Gasteiger partial charge < -0.3 is 10.6 Å². The van der Waals surface area contributed by atoms with Crippen molar-refractivity contribution in [2.24, 2.45) is 0 Å². The molecule has 0 heterocycles. The summed E-state index contributed by atoms with van der Waals surface area (Å²) < 4.78 is 24.8. The van der Waals surface area contributed by atoms with Gasteiger partial charge in [0.25, 0.3) is 0 Å². The molecule has 0 bridgehead atoms. The Labute approximate surface area is 130 Å². The van der Waals surface area contributed by atoms with E-state index in [0.717, 1.165) is 6.26 Å². The van der Waals surface area contributed by atoms with Gasteiger partial charge in [-0.2, -0.15) is 0 Å². The van der Waals surface area contributed by atoms with Gasteiger partial charge in [0, 0.05) is 0 Å². The van der Waals surface area contributed by atoms with Crippen LogP contribution in [0.1, 0.15) is 20.8 Å². The Balaban J connectivity index is 2.98. The first-order valence-electron chi connectivity index (χ1n) is 6.39. The number of halogens is 1. The fourth-order valence-corrected chi connectivity index (χ4v) is 2.42. The minimum Gasteiger partial charge on any atom is -0.323 e. The van der Waals surface area contributed by atoms with Gasteiger partial charge in [-0.3, -0.25) is 9.52 Å². The summed E-state index contributed by atoms with van der Waals surface area (Å²) in [5, 5.41) is 6.07. The van der Waals surface area contributed by atoms with Gasteiger partial charge in [-0.25, -0.2) is 8.42 Å². The number of benzene rings is 1. The van der Waals surface area contributed by atoms with Crippen LogP contribution < -0.4 is 15.4 Å². The zero-order valence-electron chi connectivity index (χ0n) is 12.5. The van der Waals surface area contributed by atoms with E-state index in [2.05, 4.69) is 15.4 Å². The van der Waals surface area contributed by atoms with Crippen molar-refractivity contribution in [3.63, 3.8) is 0 Å². The summed E-state index contributed by atoms with van der Waals surface area (Å²) in [5.74, 6) is -0.261. The van der Waals surface area contributed by atoms with Crippen molar-refractivity contribution in [1.82, 2.24) is 5.32 Å². The lowest BCUT2D eigenvalue weighted by Crippen LogP contribution is -2.49. The first-order chi connectivity index (χ1) is 9.55. The highest BCUT2D eigenvalue weighted by Gasteiger charge is 2.26. The molecule has 0 radical (unpaired) electrons. The molecule has 0 aliphatic heterocycles. The lowest BCUT2D eigenvalue weighted by Gasteiger charge is -2.24. The summed E-state index contributed by atoms with van der Waals surface area (Å²) in [6.07, 6.45) is 1.05. The Bertz CT molecular complexity index is 630. The second-order valence-electron chi connectivity index (χ2n) is 5.18. The minimum absolute atomic E-state index is 0.261. The summed E-state index contributed by atoms with van der Waals surface area (Å²) in [4.78, 5) is 12.2. The summed E-state index contributed by atoms with van der Waals surface area (Å²) in [6, 6.07) is 4.52. The van der Waals surface area contributed by atoms with E-state index in [4.69, 9.17) is 11.6 Å². The lowest BCUT2D eigenvalue weighted by molar-refractivity contribution is -0.121. The number of rotatable bonds is 6. The molecule has 0 fully saturated rings. The van der Waals surface area contributed by atoms with Crippen LogP contribution in [0.15, 0.2) is 18.2 Å². The number of nitrogens with one attached hydrogen (secondary N) is 3. The first-order valence-corrected chi connectivity index (χ1v) is 8.66. The topological polar surface area (TPSA) is 87.3 Å². The third-order valence-corrected chi connectivity index (χ3v) is 3.64. The highest BCUT2D eigenvalue weighted by Crippen LogP contribution is 2.26. The van der Waals surface area contributed by atoms with Crippen LogP contribution in [0.5, 0.6) is 0 Å². The number of hydrogen-bond acceptors (Lipinski definition) is 4. The van der Waals surface area contributed by atoms with Crippen LogP contribution in [0, 0.1) is 0 Å². The van der Waals surface area contributed by atoms with Crippen molar-refractivity contribution >= 4 is 38.9 Å². The third-order valence-electron chi connectivity index (χ3n) is 2.70. The SMILES string of the molecule is CCNC(C)(C)C(=O)Nc1cc(NS(C)(=O)=O)ccc1Cl. The largest absolute Gasteiger partial charge is 0.323 e. The molecule has 1 rings (SSSR count). The van der Waals surface area contributed by atoms with Crippen molar-refractivity contribution in [2.45, 2.75) is 26.3 Å². The van der Waals surface area contributed by atoms with Crippen molar-refractivity contribution < 1.29 is 13.2 Å². The maximum absolute atomic E-state index is 12.2. The number of likely N-dealkylation sites (N-methyl/N-ethyl adjacent to an activating group) is 1. The fourth-order valence-electron chi connectivity index (χ4n) is 1.70. The Morgan fingerprint density at radius 2 is 1.95 bits per heavy atom. The third kappa shape index (κ3) is 5.53. The van der Waals surface area contributed by atoms with Gasteiger partial charge in [0.2, 0.25) is 15.9 Å². The predicted octanol–water partition coefficient (Wildman–Crippen LogP) is 2.04. The molecule has 0 unspecified atom stereocenters. The van der Waals surface area contributed by atoms with Crippen LogP contribution in [-0.2, 0) is 14.8 Å². The molecule has 0 aromatic heterocycles. The molecule has 0 atom stereocenters. The molecule has 8 heteroatoms. The number of amides is 1. The van der Waals surface area contributed by atoms with Crippen LogP contribution >= 0.6 is 11.6 Å². The summed E-state index contributed by atoms with van der Waals surface area (Å²) in [7, 11) is -3.39. The number of sulfonamides is 1. The second-order valence-corrected chi connectivity index (χ2v) is 7.33. The van der Waals surface area contributed by atoms with Crippen molar-refractivity contribution in [3.8, 4) is 0 Å². The quantitative estimate of drug-likeness (QED) is 0.743. The van der Waals surface area contributed by atoms with Crippen molar-refractivity contribution in [2.75, 3.05) is 22.8 Å². The van der Waals surface area contributed by atoms with Crippen LogP contribution in [0.25, 0.3) is 0 Å². The lowest BCUT2D eigenvalue weighted by atomic mass is 10.0. The Morgan fingerprint density at radius 1 is 1.33 bits per heavy atom. The summed E-state index contributed by atoms with van der Waals surface area (Å²) in [6.45, 7) is 6.04. The Kier molecular flexibility index (Phi) is 5.61. The predicted molar refractivity (Wildman–Crippen MR) is 86.3 cm³/mol. The standard InChI is InChI=1S/C13H20ClN3O3S/c1-5-15-13(2,3)12(18)16-11-8-9(6-7-10(11)14)17-21(4,19)20/h6-8,15,17H,5H2,1-4H3,(H,16,18). The molecule has 0 spiro atoms. The van der Waals surface area contributed by atoms with Gasteiger partial charge in [-0.1, -0.05) is 18.5 Å². The van der Waals surface area contributed by atoms with Gasteiger partial charge in [0.05, 0.1) is 28.2 Å². The average Bonchev–Trinajstić information content (AvgIpc) is 2.31. The van der Waals surface area contributed by atoms with Crippen LogP contribution in [-0.4, -0.2) is 32.7 Å². The first kappa shape index (κ1) is 17.7. The molecule has 0 aliphatic carbocycles. The van der Waals surface area contributed by atoms with E-state index < -0.39 is 15.6 Å². The Morgan fingerprint density at radius 3 is 2.48 bits per heavy atom. The maximum Gasteiger partial charge on any atom is 0.244 e. The van der Waals surface area contributed by atoms with Crippen LogP contribution in [0.2, 0.25) is 5.02 Å². The average molecular weight is 334 g/mol. The van der Waals surface area contributed by atoms with E-state index in [1.165, 1.54) is 18.2 Å². The molecule has 6 nitrogen and oxygen atoms in total. The highest BCUT2D eigenvalue weighted by atomic mass is 35.5. The van der Waals surface area contributed by atoms with E-state index in [1.807, 2.05) is 6.92 Å². The number of hydrogen-bond donors (Lipinski definition) is 3. The van der Waals surface area contributed by atoms with E-state index in [1.54, 1.807) is 13.8 Å². The monoisotopic (exact) mass is 333 g/mol. The van der Waals surface area contributed by atoms with E-state index in [9.17, 15) is 13.2 Å². The van der Waals surface area contributed by atoms with Crippen LogP contribution in [0.3, 0.4) is 0 Å².